The molecule has 1 aliphatic rings. The van der Waals surface area contributed by atoms with Crippen molar-refractivity contribution in [2.45, 2.75) is 25.9 Å². The summed E-state index contributed by atoms with van der Waals surface area (Å²) in [5.41, 5.74) is 0.843. The molecule has 172 valence electrons. The number of hydrogen-bond acceptors (Lipinski definition) is 8. The van der Waals surface area contributed by atoms with Gasteiger partial charge in [0.15, 0.2) is 16.6 Å². The van der Waals surface area contributed by atoms with Gasteiger partial charge in [-0.15, -0.1) is 11.3 Å². The van der Waals surface area contributed by atoms with Gasteiger partial charge in [0.25, 0.3) is 0 Å². The van der Waals surface area contributed by atoms with Crippen LogP contribution in [0.25, 0.3) is 0 Å². The highest BCUT2D eigenvalue weighted by Crippen LogP contribution is 2.32. The normalized spacial score (nSPS) is 11.8. The lowest BCUT2D eigenvalue weighted by atomic mass is 10.2. The summed E-state index contributed by atoms with van der Waals surface area (Å²) in [7, 11) is 0. The second-order valence-electron chi connectivity index (χ2n) is 7.18. The molecule has 0 radical (unpaired) electrons. The van der Waals surface area contributed by atoms with Crippen LogP contribution in [-0.2, 0) is 27.5 Å². The zero-order valence-corrected chi connectivity index (χ0v) is 18.4. The monoisotopic (exact) mass is 470 g/mol. The van der Waals surface area contributed by atoms with Crippen LogP contribution in [-0.4, -0.2) is 40.9 Å². The summed E-state index contributed by atoms with van der Waals surface area (Å²) in [6.45, 7) is 0.404. The number of furan rings is 1. The average Bonchev–Trinajstić information content (AvgIpc) is 3.58. The van der Waals surface area contributed by atoms with Crippen LogP contribution in [0.2, 0.25) is 0 Å². The van der Waals surface area contributed by atoms with E-state index < -0.39 is 0 Å². The third-order valence-corrected chi connectivity index (χ3v) is 5.47. The molecule has 10 nitrogen and oxygen atoms in total. The summed E-state index contributed by atoms with van der Waals surface area (Å²) < 4.78 is 16.0. The molecule has 1 aromatic carbocycles. The third-order valence-electron chi connectivity index (χ3n) is 4.79. The number of carbonyl (C=O) groups is 3. The number of thiazole rings is 1. The summed E-state index contributed by atoms with van der Waals surface area (Å²) in [5, 5.41) is 7.66. The van der Waals surface area contributed by atoms with Crippen molar-refractivity contribution in [2.75, 3.05) is 18.7 Å². The van der Waals surface area contributed by atoms with E-state index in [2.05, 4.69) is 15.6 Å². The number of nitrogens with one attached hydrogen (secondary N) is 2. The summed E-state index contributed by atoms with van der Waals surface area (Å²) >= 11 is 1.29. The van der Waals surface area contributed by atoms with Crippen LogP contribution in [0, 0.1) is 0 Å². The lowest BCUT2D eigenvalue weighted by Crippen LogP contribution is -2.40. The Balaban J connectivity index is 1.30. The van der Waals surface area contributed by atoms with Gasteiger partial charge < -0.3 is 29.4 Å². The van der Waals surface area contributed by atoms with Crippen LogP contribution in [0.3, 0.4) is 0 Å². The van der Waals surface area contributed by atoms with Crippen LogP contribution in [0.15, 0.2) is 52.6 Å². The molecule has 4 rings (SSSR count). The molecule has 0 spiro atoms. The van der Waals surface area contributed by atoms with E-state index in [0.29, 0.717) is 22.4 Å². The molecule has 0 saturated heterocycles. The van der Waals surface area contributed by atoms with Crippen molar-refractivity contribution in [1.29, 1.82) is 0 Å². The Kier molecular flexibility index (Phi) is 7.20. The molecule has 11 heteroatoms. The number of benzene rings is 1. The Bertz CT molecular complexity index is 1100. The molecule has 3 heterocycles. The zero-order valence-electron chi connectivity index (χ0n) is 17.6. The van der Waals surface area contributed by atoms with Crippen LogP contribution in [0.1, 0.15) is 24.2 Å². The molecule has 3 amide bonds. The van der Waals surface area contributed by atoms with E-state index in [1.54, 1.807) is 35.8 Å². The molecule has 1 aliphatic heterocycles. The van der Waals surface area contributed by atoms with Crippen LogP contribution in [0.5, 0.6) is 11.5 Å². The second-order valence-corrected chi connectivity index (χ2v) is 8.07. The lowest BCUT2D eigenvalue weighted by molar-refractivity contribution is -0.137. The lowest BCUT2D eigenvalue weighted by Gasteiger charge is -2.21. The van der Waals surface area contributed by atoms with E-state index in [1.807, 2.05) is 6.07 Å². The SMILES string of the molecule is O=C(CN(Cc1ccco1)C(=O)CCC(=O)Nc1nccs1)NCc1ccc2c(c1)OCO2. The van der Waals surface area contributed by atoms with Crippen molar-refractivity contribution in [1.82, 2.24) is 15.2 Å². The molecule has 0 bridgehead atoms. The Morgan fingerprint density at radius 2 is 1.97 bits per heavy atom. The van der Waals surface area contributed by atoms with Gasteiger partial charge in [-0.05, 0) is 29.8 Å². The number of fused-ring (bicyclic) bond motifs is 1. The summed E-state index contributed by atoms with van der Waals surface area (Å²) in [5.74, 6) is 0.855. The standard InChI is InChI=1S/C22H22N4O6S/c27-19(25-22-23-7-9-33-22)5-6-21(29)26(12-16-2-1-8-30-16)13-20(28)24-11-15-3-4-17-18(10-15)32-14-31-17/h1-4,7-10H,5-6,11-14H2,(H,24,28)(H,23,25,27). The van der Waals surface area contributed by atoms with Crippen molar-refractivity contribution >= 4 is 34.2 Å². The predicted molar refractivity (Wildman–Crippen MR) is 119 cm³/mol. The Labute approximate surface area is 193 Å². The first-order chi connectivity index (χ1) is 16.1. The largest absolute Gasteiger partial charge is 0.467 e. The Morgan fingerprint density at radius 3 is 2.76 bits per heavy atom. The van der Waals surface area contributed by atoms with E-state index in [1.165, 1.54) is 22.5 Å². The zero-order chi connectivity index (χ0) is 23.0. The third kappa shape index (κ3) is 6.32. The number of amides is 3. The smallest absolute Gasteiger partial charge is 0.239 e. The average molecular weight is 471 g/mol. The number of nitrogens with zero attached hydrogens (tertiary/aromatic N) is 2. The fourth-order valence-corrected chi connectivity index (χ4v) is 3.69. The van der Waals surface area contributed by atoms with E-state index in [0.717, 1.165) is 5.56 Å². The van der Waals surface area contributed by atoms with Gasteiger partial charge in [0, 0.05) is 31.0 Å². The number of anilines is 1. The first-order valence-corrected chi connectivity index (χ1v) is 11.1. The molecule has 2 aromatic heterocycles. The number of hydrogen-bond donors (Lipinski definition) is 2. The molecule has 33 heavy (non-hydrogen) atoms. The van der Waals surface area contributed by atoms with Crippen LogP contribution in [0.4, 0.5) is 5.13 Å². The predicted octanol–water partition coefficient (Wildman–Crippen LogP) is 2.53. The fourth-order valence-electron chi connectivity index (χ4n) is 3.15. The van der Waals surface area contributed by atoms with Gasteiger partial charge in [-0.2, -0.15) is 0 Å². The highest BCUT2D eigenvalue weighted by atomic mass is 32.1. The summed E-state index contributed by atoms with van der Waals surface area (Å²) in [6.07, 6.45) is 3.01. The Hall–Kier alpha value is -3.86. The van der Waals surface area contributed by atoms with Crippen molar-refractivity contribution in [3.63, 3.8) is 0 Å². The maximum absolute atomic E-state index is 12.8. The van der Waals surface area contributed by atoms with E-state index >= 15 is 0 Å². The Morgan fingerprint density at radius 1 is 1.09 bits per heavy atom. The molecule has 3 aromatic rings. The van der Waals surface area contributed by atoms with Gasteiger partial charge in [-0.25, -0.2) is 4.98 Å². The maximum atomic E-state index is 12.8. The highest BCUT2D eigenvalue weighted by molar-refractivity contribution is 7.13. The molecule has 2 N–H and O–H groups in total. The number of rotatable bonds is 10. The minimum atomic E-state index is -0.334. The van der Waals surface area contributed by atoms with Crippen molar-refractivity contribution < 1.29 is 28.3 Å². The fraction of sp³-hybridized carbons (Fsp3) is 0.273. The molecule has 0 atom stereocenters. The minimum absolute atomic E-state index is 0.0219. The number of aromatic nitrogens is 1. The molecule has 0 saturated carbocycles. The molecular formula is C22H22N4O6S. The highest BCUT2D eigenvalue weighted by Gasteiger charge is 2.20. The van der Waals surface area contributed by atoms with E-state index in [9.17, 15) is 14.4 Å². The first-order valence-electron chi connectivity index (χ1n) is 10.2. The summed E-state index contributed by atoms with van der Waals surface area (Å²) in [4.78, 5) is 42.8. The molecule has 0 fully saturated rings. The van der Waals surface area contributed by atoms with Crippen molar-refractivity contribution in [2.24, 2.45) is 0 Å². The van der Waals surface area contributed by atoms with Gasteiger partial charge in [-0.3, -0.25) is 14.4 Å². The van der Waals surface area contributed by atoms with Gasteiger partial charge >= 0.3 is 0 Å². The van der Waals surface area contributed by atoms with Gasteiger partial charge in [0.2, 0.25) is 24.5 Å². The van der Waals surface area contributed by atoms with Gasteiger partial charge in [0.05, 0.1) is 19.4 Å². The maximum Gasteiger partial charge on any atom is 0.239 e. The first kappa shape index (κ1) is 22.3. The van der Waals surface area contributed by atoms with E-state index in [-0.39, 0.29) is 57.0 Å². The molecule has 0 aliphatic carbocycles. The van der Waals surface area contributed by atoms with Crippen molar-refractivity contribution in [3.05, 3.63) is 59.5 Å². The van der Waals surface area contributed by atoms with Crippen LogP contribution < -0.4 is 20.1 Å². The van der Waals surface area contributed by atoms with E-state index in [4.69, 9.17) is 13.9 Å². The van der Waals surface area contributed by atoms with Crippen molar-refractivity contribution in [3.8, 4) is 11.5 Å². The second kappa shape index (κ2) is 10.6. The minimum Gasteiger partial charge on any atom is -0.467 e. The van der Waals surface area contributed by atoms with Gasteiger partial charge in [-0.1, -0.05) is 6.07 Å². The number of ether oxygens (including phenoxy) is 2. The molecular weight excluding hydrogens is 448 g/mol. The quantitative estimate of drug-likeness (QED) is 0.467. The topological polar surface area (TPSA) is 123 Å². The van der Waals surface area contributed by atoms with Gasteiger partial charge in [0.1, 0.15) is 5.76 Å². The summed E-state index contributed by atoms with van der Waals surface area (Å²) in [6, 6.07) is 8.85. The molecule has 0 unspecified atom stereocenters. The number of carbonyl (C=O) groups excluding carboxylic acids is 3. The van der Waals surface area contributed by atoms with Crippen LogP contribution >= 0.6 is 11.3 Å².